The standard InChI is InChI=1S/C25H27N3O2S/c1-19(29)27-14-11-23(12-15-27)25(30)28(18-24-26-13-16-31-24)17-20-7-9-22(10-8-20)21-5-3-2-4-6-21/h2-10,13,16,23H,11-12,14-15,17-18H2,1H3. The zero-order valence-electron chi connectivity index (χ0n) is 17.7. The number of hydrogen-bond donors (Lipinski definition) is 0. The van der Waals surface area contributed by atoms with Gasteiger partial charge in [0.1, 0.15) is 5.01 Å². The average Bonchev–Trinajstić information content (AvgIpc) is 3.32. The second-order valence-electron chi connectivity index (χ2n) is 7.96. The number of aromatic nitrogens is 1. The monoisotopic (exact) mass is 433 g/mol. The first-order chi connectivity index (χ1) is 15.1. The van der Waals surface area contributed by atoms with Crippen molar-refractivity contribution in [2.75, 3.05) is 13.1 Å². The van der Waals surface area contributed by atoms with Crippen LogP contribution >= 0.6 is 11.3 Å². The van der Waals surface area contributed by atoms with Crippen LogP contribution in [0.3, 0.4) is 0 Å². The molecule has 0 saturated carbocycles. The van der Waals surface area contributed by atoms with E-state index in [1.54, 1.807) is 24.5 Å². The van der Waals surface area contributed by atoms with Gasteiger partial charge in [0.2, 0.25) is 11.8 Å². The highest BCUT2D eigenvalue weighted by Crippen LogP contribution is 2.24. The zero-order valence-corrected chi connectivity index (χ0v) is 18.6. The molecule has 0 bridgehead atoms. The number of carbonyl (C=O) groups is 2. The summed E-state index contributed by atoms with van der Waals surface area (Å²) in [5.41, 5.74) is 3.45. The third-order valence-corrected chi connectivity index (χ3v) is 6.61. The van der Waals surface area contributed by atoms with Crippen molar-refractivity contribution in [3.63, 3.8) is 0 Å². The van der Waals surface area contributed by atoms with Crippen LogP contribution in [0.15, 0.2) is 66.2 Å². The number of benzene rings is 2. The number of carbonyl (C=O) groups excluding carboxylic acids is 2. The minimum atomic E-state index is -0.0424. The Kier molecular flexibility index (Phi) is 6.77. The summed E-state index contributed by atoms with van der Waals surface area (Å²) >= 11 is 1.57. The number of likely N-dealkylation sites (tertiary alicyclic amines) is 1. The van der Waals surface area contributed by atoms with Crippen LogP contribution < -0.4 is 0 Å². The topological polar surface area (TPSA) is 53.5 Å². The van der Waals surface area contributed by atoms with Crippen molar-refractivity contribution in [1.82, 2.24) is 14.8 Å². The highest BCUT2D eigenvalue weighted by atomic mass is 32.1. The lowest BCUT2D eigenvalue weighted by molar-refractivity contribution is -0.141. The Bertz CT molecular complexity index is 995. The number of piperidine rings is 1. The summed E-state index contributed by atoms with van der Waals surface area (Å²) < 4.78 is 0. The van der Waals surface area contributed by atoms with Gasteiger partial charge in [-0.15, -0.1) is 11.3 Å². The van der Waals surface area contributed by atoms with E-state index < -0.39 is 0 Å². The molecule has 0 unspecified atom stereocenters. The van der Waals surface area contributed by atoms with E-state index in [-0.39, 0.29) is 17.7 Å². The third kappa shape index (κ3) is 5.39. The van der Waals surface area contributed by atoms with Crippen LogP contribution in [0.25, 0.3) is 11.1 Å². The summed E-state index contributed by atoms with van der Waals surface area (Å²) in [5.74, 6) is 0.203. The first kappa shape index (κ1) is 21.2. The molecule has 4 rings (SSSR count). The van der Waals surface area contributed by atoms with Crippen molar-refractivity contribution in [2.24, 2.45) is 5.92 Å². The van der Waals surface area contributed by atoms with Gasteiger partial charge in [0, 0.05) is 44.1 Å². The van der Waals surface area contributed by atoms with E-state index in [0.29, 0.717) is 26.2 Å². The van der Waals surface area contributed by atoms with Crippen molar-refractivity contribution in [1.29, 1.82) is 0 Å². The van der Waals surface area contributed by atoms with Crippen LogP contribution in [0.2, 0.25) is 0 Å². The molecule has 3 aromatic rings. The van der Waals surface area contributed by atoms with E-state index >= 15 is 0 Å². The lowest BCUT2D eigenvalue weighted by Crippen LogP contribution is -2.43. The minimum Gasteiger partial charge on any atom is -0.343 e. The van der Waals surface area contributed by atoms with Crippen LogP contribution in [0, 0.1) is 5.92 Å². The van der Waals surface area contributed by atoms with Crippen LogP contribution in [-0.4, -0.2) is 39.7 Å². The van der Waals surface area contributed by atoms with Crippen LogP contribution in [0.5, 0.6) is 0 Å². The molecule has 5 nitrogen and oxygen atoms in total. The summed E-state index contributed by atoms with van der Waals surface area (Å²) in [6.45, 7) is 3.98. The molecule has 2 aromatic carbocycles. The van der Waals surface area contributed by atoms with E-state index in [0.717, 1.165) is 23.4 Å². The minimum absolute atomic E-state index is 0.0424. The van der Waals surface area contributed by atoms with Crippen molar-refractivity contribution in [2.45, 2.75) is 32.9 Å². The maximum Gasteiger partial charge on any atom is 0.226 e. The van der Waals surface area contributed by atoms with Crippen molar-refractivity contribution < 1.29 is 9.59 Å². The Morgan fingerprint density at radius 2 is 1.68 bits per heavy atom. The Labute approximate surface area is 187 Å². The highest BCUT2D eigenvalue weighted by Gasteiger charge is 2.29. The lowest BCUT2D eigenvalue weighted by atomic mass is 9.95. The molecular weight excluding hydrogens is 406 g/mol. The van der Waals surface area contributed by atoms with Gasteiger partial charge in [-0.25, -0.2) is 4.98 Å². The van der Waals surface area contributed by atoms with E-state index in [9.17, 15) is 9.59 Å². The van der Waals surface area contributed by atoms with Crippen molar-refractivity contribution in [3.8, 4) is 11.1 Å². The number of amides is 2. The molecule has 0 N–H and O–H groups in total. The van der Waals surface area contributed by atoms with Gasteiger partial charge in [-0.1, -0.05) is 54.6 Å². The summed E-state index contributed by atoms with van der Waals surface area (Å²) in [7, 11) is 0. The molecule has 160 valence electrons. The lowest BCUT2D eigenvalue weighted by Gasteiger charge is -2.33. The van der Waals surface area contributed by atoms with Gasteiger partial charge in [-0.2, -0.15) is 0 Å². The molecule has 31 heavy (non-hydrogen) atoms. The maximum atomic E-state index is 13.4. The van der Waals surface area contributed by atoms with Gasteiger partial charge >= 0.3 is 0 Å². The predicted molar refractivity (Wildman–Crippen MR) is 123 cm³/mol. The van der Waals surface area contributed by atoms with Gasteiger partial charge < -0.3 is 9.80 Å². The van der Waals surface area contributed by atoms with Gasteiger partial charge in [-0.05, 0) is 29.5 Å². The molecule has 1 fully saturated rings. The summed E-state index contributed by atoms with van der Waals surface area (Å²) in [6, 6.07) is 18.7. The molecule has 0 atom stereocenters. The average molecular weight is 434 g/mol. The van der Waals surface area contributed by atoms with Crippen LogP contribution in [-0.2, 0) is 22.7 Å². The van der Waals surface area contributed by atoms with E-state index in [1.807, 2.05) is 33.4 Å². The van der Waals surface area contributed by atoms with E-state index in [4.69, 9.17) is 0 Å². The highest BCUT2D eigenvalue weighted by molar-refractivity contribution is 7.09. The molecule has 2 amide bonds. The van der Waals surface area contributed by atoms with Gasteiger partial charge in [0.25, 0.3) is 0 Å². The summed E-state index contributed by atoms with van der Waals surface area (Å²) in [6.07, 6.45) is 3.22. The fourth-order valence-corrected chi connectivity index (χ4v) is 4.69. The Balaban J connectivity index is 1.47. The Morgan fingerprint density at radius 3 is 2.29 bits per heavy atom. The quantitative estimate of drug-likeness (QED) is 0.571. The van der Waals surface area contributed by atoms with E-state index in [2.05, 4.69) is 41.4 Å². The normalized spacial score (nSPS) is 14.4. The van der Waals surface area contributed by atoms with E-state index in [1.165, 1.54) is 11.1 Å². The number of hydrogen-bond acceptors (Lipinski definition) is 4. The first-order valence-electron chi connectivity index (χ1n) is 10.7. The number of nitrogens with zero attached hydrogens (tertiary/aromatic N) is 3. The fraction of sp³-hybridized carbons (Fsp3) is 0.320. The van der Waals surface area contributed by atoms with Crippen LogP contribution in [0.4, 0.5) is 0 Å². The zero-order chi connectivity index (χ0) is 21.6. The number of thiazole rings is 1. The molecule has 1 saturated heterocycles. The van der Waals surface area contributed by atoms with Crippen LogP contribution in [0.1, 0.15) is 30.3 Å². The molecule has 1 aromatic heterocycles. The molecular formula is C25H27N3O2S. The second-order valence-corrected chi connectivity index (χ2v) is 8.94. The maximum absolute atomic E-state index is 13.4. The number of rotatable bonds is 6. The molecule has 1 aliphatic heterocycles. The van der Waals surface area contributed by atoms with Gasteiger partial charge in [-0.3, -0.25) is 9.59 Å². The SMILES string of the molecule is CC(=O)N1CCC(C(=O)N(Cc2ccc(-c3ccccc3)cc2)Cc2nccs2)CC1. The molecule has 0 radical (unpaired) electrons. The largest absolute Gasteiger partial charge is 0.343 e. The first-order valence-corrected chi connectivity index (χ1v) is 11.5. The molecule has 0 spiro atoms. The molecule has 0 aliphatic carbocycles. The summed E-state index contributed by atoms with van der Waals surface area (Å²) in [5, 5.41) is 2.88. The second kappa shape index (κ2) is 9.88. The smallest absolute Gasteiger partial charge is 0.226 e. The van der Waals surface area contributed by atoms with Crippen molar-refractivity contribution in [3.05, 3.63) is 76.7 Å². The Morgan fingerprint density at radius 1 is 1.00 bits per heavy atom. The van der Waals surface area contributed by atoms with Crippen molar-refractivity contribution >= 4 is 23.2 Å². The van der Waals surface area contributed by atoms with Gasteiger partial charge in [0.15, 0.2) is 0 Å². The molecule has 6 heteroatoms. The van der Waals surface area contributed by atoms with Gasteiger partial charge in [0.05, 0.1) is 6.54 Å². The molecule has 2 heterocycles. The third-order valence-electron chi connectivity index (χ3n) is 5.85. The fourth-order valence-electron chi connectivity index (χ4n) is 4.06. The predicted octanol–water partition coefficient (Wildman–Crippen LogP) is 4.60. The Hall–Kier alpha value is -2.99. The summed E-state index contributed by atoms with van der Waals surface area (Å²) in [4.78, 5) is 33.1. The molecule has 1 aliphatic rings.